The third-order valence-electron chi connectivity index (χ3n) is 2.83. The Bertz CT molecular complexity index is 553. The fraction of sp³-hybridized carbons (Fsp3) is 0.308. The average molecular weight is 264 g/mol. The number of hydrogen-bond acceptors (Lipinski definition) is 3. The van der Waals surface area contributed by atoms with Crippen molar-refractivity contribution in [1.82, 2.24) is 4.90 Å². The SMILES string of the molecule is N#CCC(=O)c1ccc(C(=O)N2CC(F)(F)C2)cc1. The van der Waals surface area contributed by atoms with Gasteiger partial charge in [0.1, 0.15) is 0 Å². The van der Waals surface area contributed by atoms with Crippen LogP contribution in [0.15, 0.2) is 24.3 Å². The zero-order valence-corrected chi connectivity index (χ0v) is 9.90. The molecule has 19 heavy (non-hydrogen) atoms. The molecule has 0 spiro atoms. The number of amides is 1. The lowest BCUT2D eigenvalue weighted by atomic mass is 10.0. The lowest BCUT2D eigenvalue weighted by molar-refractivity contribution is -0.113. The van der Waals surface area contributed by atoms with Gasteiger partial charge in [-0.2, -0.15) is 5.26 Å². The van der Waals surface area contributed by atoms with Gasteiger partial charge in [-0.1, -0.05) is 12.1 Å². The van der Waals surface area contributed by atoms with E-state index >= 15 is 0 Å². The molecule has 0 aromatic heterocycles. The van der Waals surface area contributed by atoms with Gasteiger partial charge < -0.3 is 4.90 Å². The number of carbonyl (C=O) groups is 2. The van der Waals surface area contributed by atoms with Gasteiger partial charge in [-0.05, 0) is 12.1 Å². The normalized spacial score (nSPS) is 16.4. The summed E-state index contributed by atoms with van der Waals surface area (Å²) in [6, 6.07) is 7.40. The highest BCUT2D eigenvalue weighted by Gasteiger charge is 2.46. The molecule has 6 heteroatoms. The van der Waals surface area contributed by atoms with Crippen LogP contribution in [-0.4, -0.2) is 35.6 Å². The fourth-order valence-electron chi connectivity index (χ4n) is 1.81. The van der Waals surface area contributed by atoms with E-state index in [0.717, 1.165) is 4.90 Å². The summed E-state index contributed by atoms with van der Waals surface area (Å²) in [4.78, 5) is 24.2. The van der Waals surface area contributed by atoms with E-state index in [0.29, 0.717) is 5.56 Å². The van der Waals surface area contributed by atoms with Crippen LogP contribution in [0.25, 0.3) is 0 Å². The van der Waals surface area contributed by atoms with E-state index in [2.05, 4.69) is 0 Å². The first kappa shape index (κ1) is 13.1. The standard InChI is InChI=1S/C13H10F2N2O2/c14-13(15)7-17(8-13)12(19)10-3-1-9(2-4-10)11(18)5-6-16/h1-4H,5,7-8H2. The topological polar surface area (TPSA) is 61.2 Å². The predicted octanol–water partition coefficient (Wildman–Crippen LogP) is 1.87. The maximum Gasteiger partial charge on any atom is 0.282 e. The van der Waals surface area contributed by atoms with E-state index in [1.807, 2.05) is 0 Å². The van der Waals surface area contributed by atoms with Crippen molar-refractivity contribution < 1.29 is 18.4 Å². The molecule has 0 atom stereocenters. The first-order chi connectivity index (χ1) is 8.93. The van der Waals surface area contributed by atoms with Crippen LogP contribution < -0.4 is 0 Å². The summed E-state index contributed by atoms with van der Waals surface area (Å²) in [6.07, 6.45) is -0.231. The Balaban J connectivity index is 2.05. The molecule has 0 aliphatic carbocycles. The molecule has 0 radical (unpaired) electrons. The molecule has 98 valence electrons. The van der Waals surface area contributed by atoms with E-state index in [1.54, 1.807) is 6.07 Å². The van der Waals surface area contributed by atoms with Gasteiger partial charge in [0.15, 0.2) is 5.78 Å². The molecule has 2 rings (SSSR count). The second-order valence-electron chi connectivity index (χ2n) is 4.35. The highest BCUT2D eigenvalue weighted by Crippen LogP contribution is 2.28. The summed E-state index contributed by atoms with van der Waals surface area (Å²) in [5.74, 6) is -3.61. The number of benzene rings is 1. The van der Waals surface area contributed by atoms with Gasteiger partial charge in [0.2, 0.25) is 0 Å². The van der Waals surface area contributed by atoms with Crippen molar-refractivity contribution in [3.8, 4) is 6.07 Å². The number of alkyl halides is 2. The molecule has 4 nitrogen and oxygen atoms in total. The van der Waals surface area contributed by atoms with Crippen molar-refractivity contribution in [2.24, 2.45) is 0 Å². The smallest absolute Gasteiger partial charge is 0.282 e. The van der Waals surface area contributed by atoms with Gasteiger partial charge in [-0.3, -0.25) is 9.59 Å². The summed E-state index contributed by atoms with van der Waals surface area (Å²) in [6.45, 7) is -1.14. The minimum Gasteiger partial charge on any atom is -0.326 e. The first-order valence-electron chi connectivity index (χ1n) is 5.60. The maximum absolute atomic E-state index is 12.6. The van der Waals surface area contributed by atoms with Crippen LogP contribution in [0.2, 0.25) is 0 Å². The number of nitrogens with zero attached hydrogens (tertiary/aromatic N) is 2. The van der Waals surface area contributed by atoms with Crippen LogP contribution in [0.1, 0.15) is 27.1 Å². The number of nitriles is 1. The largest absolute Gasteiger partial charge is 0.326 e. The molecule has 1 heterocycles. The zero-order chi connectivity index (χ0) is 14.0. The minimum absolute atomic E-state index is 0.231. The van der Waals surface area contributed by atoms with Crippen molar-refractivity contribution in [3.63, 3.8) is 0 Å². The zero-order valence-electron chi connectivity index (χ0n) is 9.90. The predicted molar refractivity (Wildman–Crippen MR) is 61.9 cm³/mol. The Kier molecular flexibility index (Phi) is 3.30. The van der Waals surface area contributed by atoms with Gasteiger partial charge >= 0.3 is 0 Å². The monoisotopic (exact) mass is 264 g/mol. The number of likely N-dealkylation sites (tertiary alicyclic amines) is 1. The first-order valence-corrected chi connectivity index (χ1v) is 5.60. The molecule has 1 fully saturated rings. The Morgan fingerprint density at radius 1 is 1.21 bits per heavy atom. The molecule has 1 amide bonds. The van der Waals surface area contributed by atoms with E-state index < -0.39 is 24.9 Å². The molecule has 1 saturated heterocycles. The van der Waals surface area contributed by atoms with Gasteiger partial charge in [-0.25, -0.2) is 8.78 Å². The second kappa shape index (κ2) is 4.76. The third-order valence-corrected chi connectivity index (χ3v) is 2.83. The molecule has 0 N–H and O–H groups in total. The maximum atomic E-state index is 12.6. The van der Waals surface area contributed by atoms with Gasteiger partial charge in [0.05, 0.1) is 25.6 Å². The minimum atomic E-state index is -2.79. The number of halogens is 2. The van der Waals surface area contributed by atoms with Crippen LogP contribution in [-0.2, 0) is 0 Å². The van der Waals surface area contributed by atoms with Crippen molar-refractivity contribution >= 4 is 11.7 Å². The van der Waals surface area contributed by atoms with Crippen molar-refractivity contribution in [2.45, 2.75) is 12.3 Å². The van der Waals surface area contributed by atoms with E-state index in [4.69, 9.17) is 5.26 Å². The molecule has 0 saturated carbocycles. The number of carbonyl (C=O) groups excluding carboxylic acids is 2. The summed E-state index contributed by atoms with van der Waals surface area (Å²) in [7, 11) is 0. The fourth-order valence-corrected chi connectivity index (χ4v) is 1.81. The Labute approximate surface area is 108 Å². The van der Waals surface area contributed by atoms with Crippen LogP contribution in [0, 0.1) is 11.3 Å². The number of hydrogen-bond donors (Lipinski definition) is 0. The lowest BCUT2D eigenvalue weighted by Gasteiger charge is -2.38. The summed E-state index contributed by atoms with van der Waals surface area (Å²) >= 11 is 0. The van der Waals surface area contributed by atoms with E-state index in [9.17, 15) is 18.4 Å². The third kappa shape index (κ3) is 2.76. The van der Waals surface area contributed by atoms with Crippen LogP contribution >= 0.6 is 0 Å². The Morgan fingerprint density at radius 3 is 2.21 bits per heavy atom. The van der Waals surface area contributed by atoms with Gasteiger partial charge in [0.25, 0.3) is 11.8 Å². The van der Waals surface area contributed by atoms with Crippen LogP contribution in [0.5, 0.6) is 0 Å². The van der Waals surface area contributed by atoms with E-state index in [1.165, 1.54) is 24.3 Å². The molecule has 0 unspecified atom stereocenters. The summed E-state index contributed by atoms with van der Waals surface area (Å²) in [5.41, 5.74) is 0.580. The number of ketones is 1. The molecular formula is C13H10F2N2O2. The van der Waals surface area contributed by atoms with Gasteiger partial charge in [0, 0.05) is 11.1 Å². The summed E-state index contributed by atoms with van der Waals surface area (Å²) < 4.78 is 25.3. The van der Waals surface area contributed by atoms with E-state index in [-0.39, 0.29) is 17.8 Å². The molecule has 1 aromatic carbocycles. The summed E-state index contributed by atoms with van der Waals surface area (Å²) in [5, 5.41) is 8.40. The van der Waals surface area contributed by atoms with Gasteiger partial charge in [-0.15, -0.1) is 0 Å². The molecule has 0 bridgehead atoms. The van der Waals surface area contributed by atoms with Crippen molar-refractivity contribution in [3.05, 3.63) is 35.4 Å². The highest BCUT2D eigenvalue weighted by atomic mass is 19.3. The Morgan fingerprint density at radius 2 is 1.74 bits per heavy atom. The molecule has 1 aliphatic heterocycles. The second-order valence-corrected chi connectivity index (χ2v) is 4.35. The average Bonchev–Trinajstić information content (AvgIpc) is 2.35. The lowest BCUT2D eigenvalue weighted by Crippen LogP contribution is -2.58. The highest BCUT2D eigenvalue weighted by molar-refractivity contribution is 5.99. The quantitative estimate of drug-likeness (QED) is 0.783. The number of rotatable bonds is 3. The van der Waals surface area contributed by atoms with Crippen LogP contribution in [0.3, 0.4) is 0 Å². The molecule has 1 aromatic rings. The molecular weight excluding hydrogens is 254 g/mol. The van der Waals surface area contributed by atoms with Crippen molar-refractivity contribution in [2.75, 3.05) is 13.1 Å². The Hall–Kier alpha value is -2.29. The van der Waals surface area contributed by atoms with Crippen LogP contribution in [0.4, 0.5) is 8.78 Å². The molecule has 1 aliphatic rings. The number of Topliss-reactive ketones (excluding diaryl/α,β-unsaturated/α-hetero) is 1. The van der Waals surface area contributed by atoms with Crippen molar-refractivity contribution in [1.29, 1.82) is 5.26 Å².